The van der Waals surface area contributed by atoms with Crippen molar-refractivity contribution in [3.63, 3.8) is 0 Å². The molecule has 0 heterocycles. The Kier molecular flexibility index (Phi) is 7.02. The Labute approximate surface area is 136 Å². The number of hydrogen-bond acceptors (Lipinski definition) is 4. The number of rotatable bonds is 7. The van der Waals surface area contributed by atoms with Crippen LogP contribution in [0.3, 0.4) is 0 Å². The van der Waals surface area contributed by atoms with E-state index in [9.17, 15) is 18.0 Å². The Hall–Kier alpha value is -2.09. The van der Waals surface area contributed by atoms with Crippen LogP contribution in [0.25, 0.3) is 0 Å². The van der Waals surface area contributed by atoms with Crippen molar-refractivity contribution in [2.75, 3.05) is 23.9 Å². The topological polar surface area (TPSA) is 104 Å². The van der Waals surface area contributed by atoms with Gasteiger partial charge in [0.1, 0.15) is 9.84 Å². The molecule has 3 N–H and O–H groups in total. The van der Waals surface area contributed by atoms with E-state index in [0.717, 1.165) is 11.8 Å². The fourth-order valence-corrected chi connectivity index (χ4v) is 2.26. The van der Waals surface area contributed by atoms with Crippen molar-refractivity contribution in [3.05, 3.63) is 29.8 Å². The highest BCUT2D eigenvalue weighted by atomic mass is 32.2. The van der Waals surface area contributed by atoms with Gasteiger partial charge in [-0.05, 0) is 31.5 Å². The van der Waals surface area contributed by atoms with E-state index in [1.165, 1.54) is 0 Å². The second-order valence-electron chi connectivity index (χ2n) is 5.61. The Bertz CT molecular complexity index is 639. The minimum Gasteiger partial charge on any atom is -0.354 e. The van der Waals surface area contributed by atoms with Crippen LogP contribution in [0.5, 0.6) is 0 Å². The van der Waals surface area contributed by atoms with Crippen LogP contribution in [-0.2, 0) is 21.1 Å². The number of sulfone groups is 1. The summed E-state index contributed by atoms with van der Waals surface area (Å²) in [5.74, 6) is -0.163. The van der Waals surface area contributed by atoms with Crippen molar-refractivity contribution in [2.24, 2.45) is 0 Å². The van der Waals surface area contributed by atoms with Gasteiger partial charge in [0.25, 0.3) is 0 Å². The molecule has 0 radical (unpaired) electrons. The third-order valence-electron chi connectivity index (χ3n) is 2.78. The molecule has 128 valence electrons. The van der Waals surface area contributed by atoms with Crippen molar-refractivity contribution < 1.29 is 18.0 Å². The van der Waals surface area contributed by atoms with Crippen LogP contribution < -0.4 is 16.0 Å². The maximum absolute atomic E-state index is 11.6. The molecule has 0 spiro atoms. The van der Waals surface area contributed by atoms with Crippen molar-refractivity contribution in [1.29, 1.82) is 0 Å². The van der Waals surface area contributed by atoms with E-state index in [1.807, 2.05) is 13.8 Å². The predicted molar refractivity (Wildman–Crippen MR) is 90.2 cm³/mol. The van der Waals surface area contributed by atoms with Crippen LogP contribution in [-0.4, -0.2) is 45.0 Å². The van der Waals surface area contributed by atoms with E-state index in [1.54, 1.807) is 24.3 Å². The lowest BCUT2D eigenvalue weighted by molar-refractivity contribution is -0.120. The fraction of sp³-hybridized carbons (Fsp3) is 0.467. The monoisotopic (exact) mass is 341 g/mol. The molecular formula is C15H23N3O4S. The van der Waals surface area contributed by atoms with Gasteiger partial charge in [0.05, 0.1) is 12.2 Å². The molecule has 0 saturated heterocycles. The number of benzene rings is 1. The van der Waals surface area contributed by atoms with Crippen molar-refractivity contribution >= 4 is 27.5 Å². The van der Waals surface area contributed by atoms with Gasteiger partial charge in [-0.1, -0.05) is 12.1 Å². The second kappa shape index (κ2) is 8.52. The molecule has 0 aliphatic heterocycles. The van der Waals surface area contributed by atoms with E-state index in [2.05, 4.69) is 16.0 Å². The number of urea groups is 1. The fourth-order valence-electron chi connectivity index (χ4n) is 1.79. The number of anilines is 1. The summed E-state index contributed by atoms with van der Waals surface area (Å²) in [7, 11) is -3.10. The number of amides is 3. The molecule has 0 atom stereocenters. The zero-order valence-electron chi connectivity index (χ0n) is 13.5. The first-order chi connectivity index (χ1) is 10.7. The third kappa shape index (κ3) is 8.82. The highest BCUT2D eigenvalue weighted by Gasteiger charge is 2.07. The molecule has 3 amide bonds. The van der Waals surface area contributed by atoms with Gasteiger partial charge >= 0.3 is 6.03 Å². The SMILES string of the molecule is CC(C)NC(=O)Cc1ccc(NC(=O)NCCS(C)(=O)=O)cc1. The highest BCUT2D eigenvalue weighted by molar-refractivity contribution is 7.90. The lowest BCUT2D eigenvalue weighted by Gasteiger charge is -2.09. The number of hydrogen-bond donors (Lipinski definition) is 3. The molecule has 0 aliphatic carbocycles. The Morgan fingerprint density at radius 3 is 2.26 bits per heavy atom. The van der Waals surface area contributed by atoms with Gasteiger partial charge in [0, 0.05) is 24.5 Å². The number of carbonyl (C=O) groups excluding carboxylic acids is 2. The molecule has 0 aromatic heterocycles. The van der Waals surface area contributed by atoms with Crippen molar-refractivity contribution in [3.8, 4) is 0 Å². The molecule has 0 unspecified atom stereocenters. The van der Waals surface area contributed by atoms with E-state index in [-0.39, 0.29) is 30.7 Å². The normalized spacial score (nSPS) is 11.1. The standard InChI is InChI=1S/C15H23N3O4S/c1-11(2)17-14(19)10-12-4-6-13(7-5-12)18-15(20)16-8-9-23(3,21)22/h4-7,11H,8-10H2,1-3H3,(H,17,19)(H2,16,18,20). The summed E-state index contributed by atoms with van der Waals surface area (Å²) in [6.45, 7) is 3.85. The summed E-state index contributed by atoms with van der Waals surface area (Å²) in [5.41, 5.74) is 1.40. The Morgan fingerprint density at radius 1 is 1.13 bits per heavy atom. The lowest BCUT2D eigenvalue weighted by atomic mass is 10.1. The van der Waals surface area contributed by atoms with E-state index in [4.69, 9.17) is 0 Å². The van der Waals surface area contributed by atoms with E-state index >= 15 is 0 Å². The molecule has 7 nitrogen and oxygen atoms in total. The van der Waals surface area contributed by atoms with E-state index < -0.39 is 15.9 Å². The predicted octanol–water partition coefficient (Wildman–Crippen LogP) is 0.920. The van der Waals surface area contributed by atoms with Crippen LogP contribution in [0.15, 0.2) is 24.3 Å². The van der Waals surface area contributed by atoms with Gasteiger partial charge in [0.15, 0.2) is 0 Å². The van der Waals surface area contributed by atoms with Gasteiger partial charge in [-0.3, -0.25) is 4.79 Å². The van der Waals surface area contributed by atoms with Gasteiger partial charge in [-0.25, -0.2) is 13.2 Å². The zero-order chi connectivity index (χ0) is 17.5. The summed E-state index contributed by atoms with van der Waals surface area (Å²) in [4.78, 5) is 23.2. The van der Waals surface area contributed by atoms with Crippen LogP contribution in [0.4, 0.5) is 10.5 Å². The molecule has 0 saturated carbocycles. The maximum atomic E-state index is 11.6. The molecule has 23 heavy (non-hydrogen) atoms. The average molecular weight is 341 g/mol. The third-order valence-corrected chi connectivity index (χ3v) is 3.73. The molecule has 0 fully saturated rings. The maximum Gasteiger partial charge on any atom is 0.319 e. The van der Waals surface area contributed by atoms with Gasteiger partial charge in [-0.2, -0.15) is 0 Å². The minimum atomic E-state index is -3.10. The summed E-state index contributed by atoms with van der Waals surface area (Å²) >= 11 is 0. The first-order valence-corrected chi connectivity index (χ1v) is 9.32. The van der Waals surface area contributed by atoms with Crippen LogP contribution >= 0.6 is 0 Å². The van der Waals surface area contributed by atoms with Gasteiger partial charge in [-0.15, -0.1) is 0 Å². The zero-order valence-corrected chi connectivity index (χ0v) is 14.4. The van der Waals surface area contributed by atoms with Gasteiger partial charge < -0.3 is 16.0 Å². The number of carbonyl (C=O) groups is 2. The lowest BCUT2D eigenvalue weighted by Crippen LogP contribution is -2.32. The first-order valence-electron chi connectivity index (χ1n) is 7.26. The molecule has 0 aliphatic rings. The highest BCUT2D eigenvalue weighted by Crippen LogP contribution is 2.10. The minimum absolute atomic E-state index is 0.0537. The molecule has 8 heteroatoms. The average Bonchev–Trinajstić information content (AvgIpc) is 2.38. The summed E-state index contributed by atoms with van der Waals surface area (Å²) in [6.07, 6.45) is 1.39. The quantitative estimate of drug-likeness (QED) is 0.686. The largest absolute Gasteiger partial charge is 0.354 e. The van der Waals surface area contributed by atoms with E-state index in [0.29, 0.717) is 5.69 Å². The van der Waals surface area contributed by atoms with Crippen LogP contribution in [0.1, 0.15) is 19.4 Å². The molecule has 0 bridgehead atoms. The van der Waals surface area contributed by atoms with Crippen molar-refractivity contribution in [1.82, 2.24) is 10.6 Å². The Balaban J connectivity index is 2.44. The number of nitrogens with one attached hydrogen (secondary N) is 3. The van der Waals surface area contributed by atoms with Crippen LogP contribution in [0, 0.1) is 0 Å². The molecule has 1 aromatic rings. The molecule has 1 aromatic carbocycles. The second-order valence-corrected chi connectivity index (χ2v) is 7.87. The van der Waals surface area contributed by atoms with Gasteiger partial charge in [0.2, 0.25) is 5.91 Å². The summed E-state index contributed by atoms with van der Waals surface area (Å²) < 4.78 is 21.9. The van der Waals surface area contributed by atoms with Crippen LogP contribution in [0.2, 0.25) is 0 Å². The summed E-state index contributed by atoms with van der Waals surface area (Å²) in [6, 6.07) is 6.51. The smallest absolute Gasteiger partial charge is 0.319 e. The summed E-state index contributed by atoms with van der Waals surface area (Å²) in [5, 5.41) is 7.86. The first kappa shape index (κ1) is 19.0. The molecular weight excluding hydrogens is 318 g/mol. The molecule has 1 rings (SSSR count). The Morgan fingerprint density at radius 2 is 1.74 bits per heavy atom. The van der Waals surface area contributed by atoms with Crippen molar-refractivity contribution in [2.45, 2.75) is 26.3 Å².